The van der Waals surface area contributed by atoms with Gasteiger partial charge in [-0.3, -0.25) is 4.79 Å². The fourth-order valence-electron chi connectivity index (χ4n) is 1.53. The lowest BCUT2D eigenvalue weighted by atomic mass is 10.0. The van der Waals surface area contributed by atoms with Crippen LogP contribution in [0.3, 0.4) is 0 Å². The van der Waals surface area contributed by atoms with Crippen molar-refractivity contribution in [2.24, 2.45) is 0 Å². The van der Waals surface area contributed by atoms with Crippen molar-refractivity contribution < 1.29 is 9.53 Å². The third-order valence-corrected chi connectivity index (χ3v) is 3.11. The Morgan fingerprint density at radius 2 is 2.06 bits per heavy atom. The Hall–Kier alpha value is -1.55. The highest BCUT2D eigenvalue weighted by Gasteiger charge is 2.25. The zero-order valence-electron chi connectivity index (χ0n) is 11.8. The normalized spacial score (nSPS) is 11.2. The van der Waals surface area contributed by atoms with Crippen LogP contribution in [-0.2, 0) is 11.2 Å². The van der Waals surface area contributed by atoms with Gasteiger partial charge < -0.3 is 15.4 Å². The first-order valence-electron chi connectivity index (χ1n) is 6.12. The topological polar surface area (TPSA) is 50.4 Å². The molecule has 0 aliphatic rings. The van der Waals surface area contributed by atoms with Gasteiger partial charge in [0.25, 0.3) is 0 Å². The molecule has 1 aromatic rings. The molecule has 1 aromatic carbocycles. The van der Waals surface area contributed by atoms with E-state index in [4.69, 9.17) is 4.74 Å². The Balaban J connectivity index is 2.89. The van der Waals surface area contributed by atoms with Gasteiger partial charge in [0.15, 0.2) is 0 Å². The predicted molar refractivity (Wildman–Crippen MR) is 74.1 cm³/mol. The van der Waals surface area contributed by atoms with Crippen molar-refractivity contribution in [3.63, 3.8) is 0 Å². The van der Waals surface area contributed by atoms with E-state index in [0.29, 0.717) is 0 Å². The van der Waals surface area contributed by atoms with Gasteiger partial charge in [0.1, 0.15) is 5.75 Å². The van der Waals surface area contributed by atoms with E-state index in [-0.39, 0.29) is 5.91 Å². The fraction of sp³-hybridized carbons (Fsp3) is 0.500. The van der Waals surface area contributed by atoms with Gasteiger partial charge in [-0.25, -0.2) is 0 Å². The highest BCUT2D eigenvalue weighted by Crippen LogP contribution is 2.23. The van der Waals surface area contributed by atoms with Crippen molar-refractivity contribution in [1.82, 2.24) is 5.32 Å². The second-order valence-electron chi connectivity index (χ2n) is 4.71. The van der Waals surface area contributed by atoms with Crippen LogP contribution in [0.4, 0.5) is 5.69 Å². The third-order valence-electron chi connectivity index (χ3n) is 3.11. The standard InChI is InChI=1S/C14H22N2O2/c1-6-10-9-11(7-8-12(10)18-5)16-13(17)14(2,3)15-4/h7-9,15H,6H2,1-5H3,(H,16,17). The molecule has 4 heteroatoms. The molecule has 100 valence electrons. The number of benzene rings is 1. The molecule has 2 N–H and O–H groups in total. The summed E-state index contributed by atoms with van der Waals surface area (Å²) in [7, 11) is 3.42. The van der Waals surface area contributed by atoms with E-state index in [1.54, 1.807) is 14.2 Å². The lowest BCUT2D eigenvalue weighted by Gasteiger charge is -2.23. The molecule has 0 fully saturated rings. The quantitative estimate of drug-likeness (QED) is 0.842. The van der Waals surface area contributed by atoms with E-state index in [1.165, 1.54) is 0 Å². The molecule has 0 atom stereocenters. The van der Waals surface area contributed by atoms with E-state index in [9.17, 15) is 4.79 Å². The minimum Gasteiger partial charge on any atom is -0.496 e. The van der Waals surface area contributed by atoms with Crippen LogP contribution < -0.4 is 15.4 Å². The highest BCUT2D eigenvalue weighted by molar-refractivity contribution is 5.97. The maximum Gasteiger partial charge on any atom is 0.244 e. The zero-order chi connectivity index (χ0) is 13.8. The van der Waals surface area contributed by atoms with Crippen LogP contribution in [0.1, 0.15) is 26.3 Å². The summed E-state index contributed by atoms with van der Waals surface area (Å²) in [5.74, 6) is 0.792. The Labute approximate surface area is 109 Å². The Bertz CT molecular complexity index is 428. The molecule has 0 radical (unpaired) electrons. The first kappa shape index (κ1) is 14.5. The van der Waals surface area contributed by atoms with E-state index >= 15 is 0 Å². The maximum absolute atomic E-state index is 12.0. The van der Waals surface area contributed by atoms with Gasteiger partial charge in [0.05, 0.1) is 12.6 Å². The molecule has 0 saturated heterocycles. The number of amides is 1. The van der Waals surface area contributed by atoms with Gasteiger partial charge in [-0.05, 0) is 51.1 Å². The first-order valence-corrected chi connectivity index (χ1v) is 6.12. The van der Waals surface area contributed by atoms with Gasteiger partial charge in [-0.1, -0.05) is 6.92 Å². The van der Waals surface area contributed by atoms with E-state index in [0.717, 1.165) is 23.4 Å². The predicted octanol–water partition coefficient (Wildman–Crippen LogP) is 2.19. The summed E-state index contributed by atoms with van der Waals surface area (Å²) in [5, 5.41) is 5.88. The van der Waals surface area contributed by atoms with Crippen molar-refractivity contribution in [2.45, 2.75) is 32.7 Å². The molecule has 0 aliphatic carbocycles. The average Bonchev–Trinajstić information content (AvgIpc) is 2.38. The van der Waals surface area contributed by atoms with Crippen molar-refractivity contribution >= 4 is 11.6 Å². The molecule has 18 heavy (non-hydrogen) atoms. The summed E-state index contributed by atoms with van der Waals surface area (Å²) < 4.78 is 5.26. The van der Waals surface area contributed by atoms with Crippen LogP contribution in [0, 0.1) is 0 Å². The smallest absolute Gasteiger partial charge is 0.244 e. The number of rotatable bonds is 5. The number of likely N-dealkylation sites (N-methyl/N-ethyl adjacent to an activating group) is 1. The van der Waals surface area contributed by atoms with Gasteiger partial charge in [-0.2, -0.15) is 0 Å². The number of carbonyl (C=O) groups is 1. The molecule has 0 spiro atoms. The molecule has 1 rings (SSSR count). The molecular formula is C14H22N2O2. The first-order chi connectivity index (χ1) is 8.44. The number of aryl methyl sites for hydroxylation is 1. The van der Waals surface area contributed by atoms with Gasteiger partial charge in [0, 0.05) is 5.69 Å². The molecule has 0 aromatic heterocycles. The van der Waals surface area contributed by atoms with Crippen molar-refractivity contribution in [1.29, 1.82) is 0 Å². The Kier molecular flexibility index (Phi) is 4.73. The van der Waals surface area contributed by atoms with Crippen molar-refractivity contribution in [2.75, 3.05) is 19.5 Å². The molecule has 1 amide bonds. The number of ether oxygens (including phenoxy) is 1. The monoisotopic (exact) mass is 250 g/mol. The highest BCUT2D eigenvalue weighted by atomic mass is 16.5. The van der Waals surface area contributed by atoms with E-state index in [2.05, 4.69) is 17.6 Å². The van der Waals surface area contributed by atoms with Crippen molar-refractivity contribution in [3.8, 4) is 5.75 Å². The summed E-state index contributed by atoms with van der Waals surface area (Å²) in [6, 6.07) is 5.67. The minimum atomic E-state index is -0.591. The summed E-state index contributed by atoms with van der Waals surface area (Å²) in [6.45, 7) is 5.74. The van der Waals surface area contributed by atoms with Crippen LogP contribution in [0.2, 0.25) is 0 Å². The van der Waals surface area contributed by atoms with Gasteiger partial charge in [-0.15, -0.1) is 0 Å². The van der Waals surface area contributed by atoms with E-state index in [1.807, 2.05) is 32.0 Å². The lowest BCUT2D eigenvalue weighted by Crippen LogP contribution is -2.47. The third kappa shape index (κ3) is 3.23. The molecule has 0 saturated carbocycles. The molecule has 0 unspecified atom stereocenters. The molecule has 0 aliphatic heterocycles. The Morgan fingerprint density at radius 3 is 2.56 bits per heavy atom. The van der Waals surface area contributed by atoms with Crippen LogP contribution >= 0.6 is 0 Å². The molecule has 4 nitrogen and oxygen atoms in total. The fourth-order valence-corrected chi connectivity index (χ4v) is 1.53. The largest absolute Gasteiger partial charge is 0.496 e. The van der Waals surface area contributed by atoms with E-state index < -0.39 is 5.54 Å². The number of methoxy groups -OCH3 is 1. The number of nitrogens with one attached hydrogen (secondary N) is 2. The molecule has 0 bridgehead atoms. The zero-order valence-corrected chi connectivity index (χ0v) is 11.8. The second-order valence-corrected chi connectivity index (χ2v) is 4.71. The molecular weight excluding hydrogens is 228 g/mol. The van der Waals surface area contributed by atoms with Crippen LogP contribution in [-0.4, -0.2) is 25.6 Å². The SMILES string of the molecule is CCc1cc(NC(=O)C(C)(C)NC)ccc1OC. The maximum atomic E-state index is 12.0. The summed E-state index contributed by atoms with van der Waals surface area (Å²) in [4.78, 5) is 12.0. The van der Waals surface area contributed by atoms with Crippen LogP contribution in [0.15, 0.2) is 18.2 Å². The lowest BCUT2D eigenvalue weighted by molar-refractivity contribution is -0.121. The van der Waals surface area contributed by atoms with Crippen molar-refractivity contribution in [3.05, 3.63) is 23.8 Å². The second kappa shape index (κ2) is 5.87. The number of hydrogen-bond donors (Lipinski definition) is 2. The Morgan fingerprint density at radius 1 is 1.39 bits per heavy atom. The van der Waals surface area contributed by atoms with Crippen LogP contribution in [0.25, 0.3) is 0 Å². The minimum absolute atomic E-state index is 0.0581. The van der Waals surface area contributed by atoms with Gasteiger partial charge >= 0.3 is 0 Å². The molecule has 0 heterocycles. The summed E-state index contributed by atoms with van der Waals surface area (Å²) >= 11 is 0. The number of hydrogen-bond acceptors (Lipinski definition) is 3. The van der Waals surface area contributed by atoms with Crippen LogP contribution in [0.5, 0.6) is 5.75 Å². The average molecular weight is 250 g/mol. The number of anilines is 1. The number of carbonyl (C=O) groups excluding carboxylic acids is 1. The summed E-state index contributed by atoms with van der Waals surface area (Å²) in [5.41, 5.74) is 1.28. The summed E-state index contributed by atoms with van der Waals surface area (Å²) in [6.07, 6.45) is 0.863. The van der Waals surface area contributed by atoms with Gasteiger partial charge in [0.2, 0.25) is 5.91 Å².